The third-order valence-corrected chi connectivity index (χ3v) is 4.69. The van der Waals surface area contributed by atoms with Crippen LogP contribution in [0, 0.1) is 11.8 Å². The summed E-state index contributed by atoms with van der Waals surface area (Å²) in [4.78, 5) is 2.62. The van der Waals surface area contributed by atoms with Crippen LogP contribution >= 0.6 is 0 Å². The summed E-state index contributed by atoms with van der Waals surface area (Å²) in [6.45, 7) is 5.96. The highest BCUT2D eigenvalue weighted by Gasteiger charge is 2.32. The zero-order valence-corrected chi connectivity index (χ0v) is 11.5. The largest absolute Gasteiger partial charge is 0.398 e. The quantitative estimate of drug-likeness (QED) is 0.767. The van der Waals surface area contributed by atoms with E-state index in [2.05, 4.69) is 30.9 Å². The fraction of sp³-hybridized carbons (Fsp3) is 0.625. The Kier molecular flexibility index (Phi) is 2.96. The predicted molar refractivity (Wildman–Crippen MR) is 77.9 cm³/mol. The van der Waals surface area contributed by atoms with Gasteiger partial charge in [-0.25, -0.2) is 0 Å². The number of anilines is 2. The van der Waals surface area contributed by atoms with Gasteiger partial charge in [-0.2, -0.15) is 0 Å². The van der Waals surface area contributed by atoms with Crippen LogP contribution in [0.4, 0.5) is 11.4 Å². The van der Waals surface area contributed by atoms with Crippen molar-refractivity contribution in [1.29, 1.82) is 0 Å². The minimum Gasteiger partial charge on any atom is -0.398 e. The van der Waals surface area contributed by atoms with Crippen molar-refractivity contribution in [2.45, 2.75) is 45.6 Å². The summed E-state index contributed by atoms with van der Waals surface area (Å²) in [5.41, 5.74) is 9.85. The molecule has 0 aromatic heterocycles. The zero-order chi connectivity index (χ0) is 12.7. The van der Waals surface area contributed by atoms with Gasteiger partial charge in [0.1, 0.15) is 0 Å². The van der Waals surface area contributed by atoms with E-state index in [0.717, 1.165) is 36.5 Å². The van der Waals surface area contributed by atoms with Gasteiger partial charge in [0.15, 0.2) is 0 Å². The van der Waals surface area contributed by atoms with Crippen LogP contribution in [0.15, 0.2) is 18.2 Å². The predicted octanol–water partition coefficient (Wildman–Crippen LogP) is 3.46. The molecule has 0 saturated heterocycles. The Morgan fingerprint density at radius 1 is 1.11 bits per heavy atom. The van der Waals surface area contributed by atoms with Gasteiger partial charge in [-0.15, -0.1) is 0 Å². The maximum atomic E-state index is 6.09. The molecule has 0 bridgehead atoms. The van der Waals surface area contributed by atoms with E-state index >= 15 is 0 Å². The molecule has 0 amide bonds. The van der Waals surface area contributed by atoms with Gasteiger partial charge in [0, 0.05) is 29.5 Å². The molecule has 1 heterocycles. The van der Waals surface area contributed by atoms with Crippen molar-refractivity contribution in [2.24, 2.45) is 11.8 Å². The lowest BCUT2D eigenvalue weighted by molar-refractivity contribution is 0.261. The molecule has 0 radical (unpaired) electrons. The van der Waals surface area contributed by atoms with Crippen LogP contribution in [0.5, 0.6) is 0 Å². The molecule has 98 valence electrons. The van der Waals surface area contributed by atoms with Crippen LogP contribution in [0.25, 0.3) is 0 Å². The monoisotopic (exact) mass is 244 g/mol. The molecule has 2 atom stereocenters. The molecule has 2 aliphatic rings. The number of hydrogen-bond donors (Lipinski definition) is 1. The van der Waals surface area contributed by atoms with Crippen LogP contribution in [0.3, 0.4) is 0 Å². The first kappa shape index (κ1) is 11.9. The molecular weight excluding hydrogens is 220 g/mol. The topological polar surface area (TPSA) is 29.3 Å². The summed E-state index contributed by atoms with van der Waals surface area (Å²) in [7, 11) is 0. The van der Waals surface area contributed by atoms with Crippen LogP contribution in [-0.4, -0.2) is 12.6 Å². The molecule has 1 aromatic carbocycles. The maximum Gasteiger partial charge on any atom is 0.0422 e. The van der Waals surface area contributed by atoms with Crippen LogP contribution in [-0.2, 0) is 6.42 Å². The summed E-state index contributed by atoms with van der Waals surface area (Å²) >= 11 is 0. The molecule has 2 nitrogen and oxygen atoms in total. The van der Waals surface area contributed by atoms with Crippen LogP contribution in [0.2, 0.25) is 0 Å². The fourth-order valence-electron chi connectivity index (χ4n) is 4.02. The summed E-state index contributed by atoms with van der Waals surface area (Å²) in [5, 5.41) is 0. The second-order valence-corrected chi connectivity index (χ2v) is 6.36. The Hall–Kier alpha value is -1.18. The third-order valence-electron chi connectivity index (χ3n) is 4.69. The Bertz CT molecular complexity index is 431. The smallest absolute Gasteiger partial charge is 0.0422 e. The lowest BCUT2D eigenvalue weighted by atomic mass is 9.80. The van der Waals surface area contributed by atoms with E-state index in [1.807, 2.05) is 6.07 Å². The number of fused-ring (bicyclic) bond motifs is 1. The van der Waals surface area contributed by atoms with Gasteiger partial charge in [-0.05, 0) is 49.7 Å². The van der Waals surface area contributed by atoms with E-state index in [1.165, 1.54) is 30.5 Å². The maximum absolute atomic E-state index is 6.09. The van der Waals surface area contributed by atoms with Crippen LogP contribution in [0.1, 0.15) is 38.7 Å². The van der Waals surface area contributed by atoms with Crippen molar-refractivity contribution in [2.75, 3.05) is 17.2 Å². The van der Waals surface area contributed by atoms with Gasteiger partial charge < -0.3 is 10.6 Å². The molecule has 2 heteroatoms. The van der Waals surface area contributed by atoms with Crippen molar-refractivity contribution in [3.63, 3.8) is 0 Å². The molecule has 1 aromatic rings. The number of nitrogens with two attached hydrogens (primary N) is 1. The Balaban J connectivity index is 1.85. The van der Waals surface area contributed by atoms with Crippen LogP contribution < -0.4 is 10.6 Å². The molecule has 2 N–H and O–H groups in total. The average Bonchev–Trinajstić information content (AvgIpc) is 2.73. The molecule has 18 heavy (non-hydrogen) atoms. The zero-order valence-electron chi connectivity index (χ0n) is 11.5. The van der Waals surface area contributed by atoms with Crippen molar-refractivity contribution >= 4 is 11.4 Å². The lowest BCUT2D eigenvalue weighted by Crippen LogP contribution is -2.39. The number of nitrogen functional groups attached to an aromatic ring is 1. The number of hydrogen-bond acceptors (Lipinski definition) is 2. The van der Waals surface area contributed by atoms with Gasteiger partial charge >= 0.3 is 0 Å². The highest BCUT2D eigenvalue weighted by atomic mass is 15.2. The minimum atomic E-state index is 0.729. The van der Waals surface area contributed by atoms with E-state index in [4.69, 9.17) is 5.73 Å². The molecule has 1 aliphatic heterocycles. The molecule has 1 saturated carbocycles. The van der Waals surface area contributed by atoms with Crippen molar-refractivity contribution < 1.29 is 0 Å². The van der Waals surface area contributed by atoms with Crippen molar-refractivity contribution in [1.82, 2.24) is 0 Å². The minimum absolute atomic E-state index is 0.729. The third kappa shape index (κ3) is 1.98. The van der Waals surface area contributed by atoms with E-state index in [0.29, 0.717) is 0 Å². The SMILES string of the molecule is CC1CC(C)CC(N2CCc3c(N)cccc32)C1. The highest BCUT2D eigenvalue weighted by molar-refractivity contribution is 5.68. The number of rotatable bonds is 1. The second-order valence-electron chi connectivity index (χ2n) is 6.36. The van der Waals surface area contributed by atoms with Crippen molar-refractivity contribution in [3.05, 3.63) is 23.8 Å². The van der Waals surface area contributed by atoms with E-state index in [9.17, 15) is 0 Å². The Labute approximate surface area is 110 Å². The number of benzene rings is 1. The fourth-order valence-corrected chi connectivity index (χ4v) is 4.02. The summed E-state index contributed by atoms with van der Waals surface area (Å²) in [6.07, 6.45) is 5.21. The summed E-state index contributed by atoms with van der Waals surface area (Å²) in [6, 6.07) is 7.12. The number of nitrogens with zero attached hydrogens (tertiary/aromatic N) is 1. The first-order chi connectivity index (χ1) is 8.65. The molecule has 1 aliphatic carbocycles. The highest BCUT2D eigenvalue weighted by Crippen LogP contribution is 2.39. The van der Waals surface area contributed by atoms with E-state index < -0.39 is 0 Å². The molecule has 3 rings (SSSR count). The normalized spacial score (nSPS) is 31.4. The van der Waals surface area contributed by atoms with Crippen molar-refractivity contribution in [3.8, 4) is 0 Å². The van der Waals surface area contributed by atoms with Gasteiger partial charge in [-0.3, -0.25) is 0 Å². The molecule has 1 fully saturated rings. The van der Waals surface area contributed by atoms with E-state index in [-0.39, 0.29) is 0 Å². The summed E-state index contributed by atoms with van der Waals surface area (Å²) < 4.78 is 0. The van der Waals surface area contributed by atoms with E-state index in [1.54, 1.807) is 0 Å². The second kappa shape index (κ2) is 4.49. The Morgan fingerprint density at radius 2 is 1.83 bits per heavy atom. The molecular formula is C16H24N2. The first-order valence-corrected chi connectivity index (χ1v) is 7.29. The molecule has 2 unspecified atom stereocenters. The lowest BCUT2D eigenvalue weighted by Gasteiger charge is -2.38. The summed E-state index contributed by atoms with van der Waals surface area (Å²) in [5.74, 6) is 1.73. The first-order valence-electron chi connectivity index (χ1n) is 7.29. The van der Waals surface area contributed by atoms with Gasteiger partial charge in [-0.1, -0.05) is 19.9 Å². The molecule has 0 spiro atoms. The Morgan fingerprint density at radius 3 is 2.56 bits per heavy atom. The van der Waals surface area contributed by atoms with Gasteiger partial charge in [0.05, 0.1) is 0 Å². The standard InChI is InChI=1S/C16H24N2/c1-11-8-12(2)10-13(9-11)18-7-6-14-15(17)4-3-5-16(14)18/h3-5,11-13H,6-10,17H2,1-2H3. The van der Waals surface area contributed by atoms with Gasteiger partial charge in [0.2, 0.25) is 0 Å². The average molecular weight is 244 g/mol. The van der Waals surface area contributed by atoms with Gasteiger partial charge in [0.25, 0.3) is 0 Å².